The predicted molar refractivity (Wildman–Crippen MR) is 71.7 cm³/mol. The van der Waals surface area contributed by atoms with Crippen molar-refractivity contribution in [2.45, 2.75) is 0 Å². The Balaban J connectivity index is 2.70. The Hall–Kier alpha value is -2.30. The molecule has 1 amide bonds. The van der Waals surface area contributed by atoms with Gasteiger partial charge in [-0.15, -0.1) is 0 Å². The Bertz CT molecular complexity index is 482. The molecule has 0 atom stereocenters. The molecule has 0 fully saturated rings. The van der Waals surface area contributed by atoms with Crippen LogP contribution >= 0.6 is 0 Å². The number of esters is 1. The molecule has 102 valence electrons. The van der Waals surface area contributed by atoms with Crippen LogP contribution in [-0.4, -0.2) is 44.6 Å². The molecule has 19 heavy (non-hydrogen) atoms. The van der Waals surface area contributed by atoms with Gasteiger partial charge in [0.25, 0.3) is 0 Å². The minimum atomic E-state index is -0.457. The fourth-order valence-corrected chi connectivity index (χ4v) is 1.43. The molecule has 0 radical (unpaired) electrons. The van der Waals surface area contributed by atoms with E-state index in [9.17, 15) is 9.59 Å². The third kappa shape index (κ3) is 4.46. The molecule has 0 aliphatic heterocycles. The van der Waals surface area contributed by atoms with Gasteiger partial charge in [-0.1, -0.05) is 18.2 Å². The minimum Gasteiger partial charge on any atom is -0.496 e. The van der Waals surface area contributed by atoms with Crippen LogP contribution in [0, 0.1) is 0 Å². The average molecular weight is 263 g/mol. The topological polar surface area (TPSA) is 55.8 Å². The van der Waals surface area contributed by atoms with E-state index in [1.54, 1.807) is 13.2 Å². The minimum absolute atomic E-state index is 0.0778. The molecule has 0 aliphatic carbocycles. The number of likely N-dealkylation sites (N-methyl/N-ethyl adjacent to an activating group) is 1. The van der Waals surface area contributed by atoms with E-state index < -0.39 is 5.97 Å². The maximum atomic E-state index is 11.8. The van der Waals surface area contributed by atoms with Crippen molar-refractivity contribution in [1.29, 1.82) is 0 Å². The smallest absolute Gasteiger partial charge is 0.325 e. The first kappa shape index (κ1) is 14.8. The highest BCUT2D eigenvalue weighted by Crippen LogP contribution is 2.18. The van der Waals surface area contributed by atoms with Crippen LogP contribution < -0.4 is 4.74 Å². The Morgan fingerprint density at radius 1 is 1.26 bits per heavy atom. The number of hydrogen-bond donors (Lipinski definition) is 0. The maximum Gasteiger partial charge on any atom is 0.325 e. The van der Waals surface area contributed by atoms with Crippen LogP contribution in [0.15, 0.2) is 30.3 Å². The molecule has 0 unspecified atom stereocenters. The van der Waals surface area contributed by atoms with Crippen molar-refractivity contribution >= 4 is 18.0 Å². The first-order chi connectivity index (χ1) is 9.08. The lowest BCUT2D eigenvalue weighted by molar-refractivity contribution is -0.144. The van der Waals surface area contributed by atoms with Gasteiger partial charge in [0.15, 0.2) is 0 Å². The highest BCUT2D eigenvalue weighted by Gasteiger charge is 2.10. The first-order valence-electron chi connectivity index (χ1n) is 5.71. The molecule has 1 rings (SSSR count). The standard InChI is InChI=1S/C14H17NO4/c1-15(10-14(17)19-3)13(16)9-8-11-6-4-5-7-12(11)18-2/h4-9H,10H2,1-3H3. The predicted octanol–water partition coefficient (Wildman–Crippen LogP) is 1.34. The molecule has 1 aromatic carbocycles. The number of methoxy groups -OCH3 is 2. The highest BCUT2D eigenvalue weighted by atomic mass is 16.5. The Labute approximate surface area is 112 Å². The molecule has 0 aromatic heterocycles. The van der Waals surface area contributed by atoms with E-state index in [2.05, 4.69) is 4.74 Å². The third-order valence-corrected chi connectivity index (χ3v) is 2.51. The summed E-state index contributed by atoms with van der Waals surface area (Å²) in [6.07, 6.45) is 3.04. The lowest BCUT2D eigenvalue weighted by Crippen LogP contribution is -2.31. The number of hydrogen-bond acceptors (Lipinski definition) is 4. The Morgan fingerprint density at radius 2 is 1.95 bits per heavy atom. The van der Waals surface area contributed by atoms with E-state index in [4.69, 9.17) is 4.74 Å². The van der Waals surface area contributed by atoms with Gasteiger partial charge in [0.05, 0.1) is 14.2 Å². The van der Waals surface area contributed by atoms with Crippen molar-refractivity contribution in [2.75, 3.05) is 27.8 Å². The van der Waals surface area contributed by atoms with E-state index >= 15 is 0 Å². The molecule has 0 saturated carbocycles. The molecule has 5 heteroatoms. The van der Waals surface area contributed by atoms with E-state index in [0.29, 0.717) is 5.75 Å². The summed E-state index contributed by atoms with van der Waals surface area (Å²) < 4.78 is 9.66. The zero-order valence-corrected chi connectivity index (χ0v) is 11.3. The number of amides is 1. The molecule has 0 heterocycles. The summed E-state index contributed by atoms with van der Waals surface area (Å²) in [4.78, 5) is 24.1. The molecule has 5 nitrogen and oxygen atoms in total. The fourth-order valence-electron chi connectivity index (χ4n) is 1.43. The van der Waals surface area contributed by atoms with E-state index in [-0.39, 0.29) is 12.5 Å². The Kier molecular flexibility index (Phi) is 5.60. The fraction of sp³-hybridized carbons (Fsp3) is 0.286. The van der Waals surface area contributed by atoms with Crippen LogP contribution in [0.4, 0.5) is 0 Å². The number of carbonyl (C=O) groups excluding carboxylic acids is 2. The average Bonchev–Trinajstić information content (AvgIpc) is 2.44. The number of carbonyl (C=O) groups is 2. The van der Waals surface area contributed by atoms with Crippen LogP contribution in [-0.2, 0) is 14.3 Å². The van der Waals surface area contributed by atoms with Gasteiger partial charge in [-0.05, 0) is 12.1 Å². The second-order valence-electron chi connectivity index (χ2n) is 3.85. The first-order valence-corrected chi connectivity index (χ1v) is 5.71. The Morgan fingerprint density at radius 3 is 2.58 bits per heavy atom. The summed E-state index contributed by atoms with van der Waals surface area (Å²) in [6, 6.07) is 7.34. The number of benzene rings is 1. The van der Waals surface area contributed by atoms with Crippen LogP contribution in [0.2, 0.25) is 0 Å². The van der Waals surface area contributed by atoms with Gasteiger partial charge in [-0.3, -0.25) is 9.59 Å². The second-order valence-corrected chi connectivity index (χ2v) is 3.85. The maximum absolute atomic E-state index is 11.8. The van der Waals surface area contributed by atoms with Gasteiger partial charge >= 0.3 is 5.97 Å². The van der Waals surface area contributed by atoms with Crippen LogP contribution in [0.3, 0.4) is 0 Å². The van der Waals surface area contributed by atoms with Gasteiger partial charge in [-0.2, -0.15) is 0 Å². The largest absolute Gasteiger partial charge is 0.496 e. The monoisotopic (exact) mass is 263 g/mol. The molecule has 0 bridgehead atoms. The molecule has 0 spiro atoms. The number of para-hydroxylation sites is 1. The van der Waals surface area contributed by atoms with Gasteiger partial charge in [0, 0.05) is 18.7 Å². The summed E-state index contributed by atoms with van der Waals surface area (Å²) in [7, 11) is 4.38. The number of ether oxygens (including phenoxy) is 2. The molecule has 0 aliphatic rings. The van der Waals surface area contributed by atoms with Crippen molar-refractivity contribution in [3.63, 3.8) is 0 Å². The molecule has 0 N–H and O–H groups in total. The molecular weight excluding hydrogens is 246 g/mol. The lowest BCUT2D eigenvalue weighted by Gasteiger charge is -2.13. The van der Waals surface area contributed by atoms with Crippen molar-refractivity contribution in [3.05, 3.63) is 35.9 Å². The van der Waals surface area contributed by atoms with Crippen molar-refractivity contribution in [3.8, 4) is 5.75 Å². The number of rotatable bonds is 5. The number of nitrogens with zero attached hydrogens (tertiary/aromatic N) is 1. The van der Waals surface area contributed by atoms with Crippen molar-refractivity contribution in [1.82, 2.24) is 4.90 Å². The molecule has 1 aromatic rings. The van der Waals surface area contributed by atoms with Gasteiger partial charge in [0.2, 0.25) is 5.91 Å². The van der Waals surface area contributed by atoms with E-state index in [1.165, 1.54) is 25.1 Å². The molecular formula is C14H17NO4. The lowest BCUT2D eigenvalue weighted by atomic mass is 10.2. The quantitative estimate of drug-likeness (QED) is 0.594. The van der Waals surface area contributed by atoms with Crippen molar-refractivity contribution < 1.29 is 19.1 Å². The normalized spacial score (nSPS) is 10.3. The zero-order chi connectivity index (χ0) is 14.3. The van der Waals surface area contributed by atoms with E-state index in [0.717, 1.165) is 5.56 Å². The summed E-state index contributed by atoms with van der Waals surface area (Å²) in [6.45, 7) is -0.0778. The van der Waals surface area contributed by atoms with Gasteiger partial charge in [0.1, 0.15) is 12.3 Å². The van der Waals surface area contributed by atoms with Crippen LogP contribution in [0.1, 0.15) is 5.56 Å². The van der Waals surface area contributed by atoms with Gasteiger partial charge < -0.3 is 14.4 Å². The van der Waals surface area contributed by atoms with Gasteiger partial charge in [-0.25, -0.2) is 0 Å². The highest BCUT2D eigenvalue weighted by molar-refractivity contribution is 5.93. The van der Waals surface area contributed by atoms with Crippen LogP contribution in [0.25, 0.3) is 6.08 Å². The summed E-state index contributed by atoms with van der Waals surface area (Å²) in [5, 5.41) is 0. The summed E-state index contributed by atoms with van der Waals surface area (Å²) in [5.74, 6) is -0.0555. The second kappa shape index (κ2) is 7.20. The zero-order valence-electron chi connectivity index (χ0n) is 11.3. The van der Waals surface area contributed by atoms with E-state index in [1.807, 2.05) is 24.3 Å². The third-order valence-electron chi connectivity index (χ3n) is 2.51. The summed E-state index contributed by atoms with van der Waals surface area (Å²) in [5.41, 5.74) is 0.796. The van der Waals surface area contributed by atoms with Crippen molar-refractivity contribution in [2.24, 2.45) is 0 Å². The SMILES string of the molecule is COC(=O)CN(C)C(=O)C=Cc1ccccc1OC. The molecule has 0 saturated heterocycles. The van der Waals surface area contributed by atoms with Crippen LogP contribution in [0.5, 0.6) is 5.75 Å². The summed E-state index contributed by atoms with van der Waals surface area (Å²) >= 11 is 0.